The molecule has 13 heteroatoms. The molecular formula is C38H30ClN9O3. The highest BCUT2D eigenvalue weighted by atomic mass is 35.5. The van der Waals surface area contributed by atoms with Crippen molar-refractivity contribution in [1.82, 2.24) is 34.3 Å². The number of carbonyl (C=O) groups is 1. The molecule has 3 aromatic carbocycles. The van der Waals surface area contributed by atoms with Crippen LogP contribution in [-0.2, 0) is 17.9 Å². The van der Waals surface area contributed by atoms with Gasteiger partial charge in [-0.3, -0.25) is 19.1 Å². The zero-order valence-electron chi connectivity index (χ0n) is 27.1. The van der Waals surface area contributed by atoms with Crippen LogP contribution in [0.5, 0.6) is 5.75 Å². The van der Waals surface area contributed by atoms with Gasteiger partial charge in [0, 0.05) is 35.1 Å². The number of phenols is 1. The maximum Gasteiger partial charge on any atom is 0.262 e. The Kier molecular flexibility index (Phi) is 9.11. The third kappa shape index (κ3) is 6.58. The highest BCUT2D eigenvalue weighted by Crippen LogP contribution is 2.32. The van der Waals surface area contributed by atoms with Gasteiger partial charge < -0.3 is 16.2 Å². The van der Waals surface area contributed by atoms with Crippen LogP contribution in [0.2, 0.25) is 5.02 Å². The number of pyridine rings is 1. The first-order valence-corrected chi connectivity index (χ1v) is 16.4. The van der Waals surface area contributed by atoms with Gasteiger partial charge in [-0.1, -0.05) is 41.9 Å². The Morgan fingerprint density at radius 1 is 0.980 bits per heavy atom. The number of rotatable bonds is 10. The Bertz CT molecular complexity index is 2510. The van der Waals surface area contributed by atoms with E-state index in [1.165, 1.54) is 6.33 Å². The number of hydrogen-bond donors (Lipinski definition) is 3. The Labute approximate surface area is 296 Å². The van der Waals surface area contributed by atoms with E-state index in [-0.39, 0.29) is 36.1 Å². The van der Waals surface area contributed by atoms with Crippen molar-refractivity contribution in [2.24, 2.45) is 0 Å². The van der Waals surface area contributed by atoms with Gasteiger partial charge in [-0.2, -0.15) is 5.10 Å². The number of halogens is 1. The number of hydrogen-bond acceptors (Lipinski definition) is 9. The van der Waals surface area contributed by atoms with E-state index in [1.807, 2.05) is 18.2 Å². The van der Waals surface area contributed by atoms with Crippen molar-refractivity contribution in [1.29, 1.82) is 0 Å². The second-order valence-electron chi connectivity index (χ2n) is 11.8. The van der Waals surface area contributed by atoms with E-state index in [1.54, 1.807) is 82.3 Å². The van der Waals surface area contributed by atoms with Gasteiger partial charge in [-0.25, -0.2) is 19.6 Å². The lowest BCUT2D eigenvalue weighted by Crippen LogP contribution is -2.30. The molecule has 0 fully saturated rings. The number of phenolic OH excluding ortho intramolecular Hbond substituents is 1. The fourth-order valence-corrected chi connectivity index (χ4v) is 6.32. The molecule has 1 amide bonds. The van der Waals surface area contributed by atoms with Crippen LogP contribution < -0.4 is 16.6 Å². The molecule has 12 nitrogen and oxygen atoms in total. The van der Waals surface area contributed by atoms with Crippen molar-refractivity contribution in [3.63, 3.8) is 0 Å². The summed E-state index contributed by atoms with van der Waals surface area (Å²) >= 11 is 6.61. The van der Waals surface area contributed by atoms with Crippen molar-refractivity contribution < 1.29 is 9.90 Å². The van der Waals surface area contributed by atoms with Crippen LogP contribution in [0, 0.1) is 12.3 Å². The van der Waals surface area contributed by atoms with Crippen LogP contribution >= 0.6 is 11.6 Å². The number of aromatic hydroxyl groups is 1. The molecule has 4 aromatic heterocycles. The minimum atomic E-state index is -0.755. The maximum absolute atomic E-state index is 14.8. The van der Waals surface area contributed by atoms with Gasteiger partial charge in [-0.05, 0) is 66.1 Å². The molecule has 0 saturated carbocycles. The van der Waals surface area contributed by atoms with Crippen molar-refractivity contribution in [2.75, 3.05) is 11.1 Å². The molecule has 7 aromatic rings. The average Bonchev–Trinajstić information content (AvgIpc) is 3.50. The summed E-state index contributed by atoms with van der Waals surface area (Å²) in [5, 5.41) is 19.0. The van der Waals surface area contributed by atoms with E-state index in [9.17, 15) is 14.7 Å². The van der Waals surface area contributed by atoms with E-state index in [0.717, 1.165) is 0 Å². The van der Waals surface area contributed by atoms with Crippen molar-refractivity contribution in [3.8, 4) is 29.4 Å². The van der Waals surface area contributed by atoms with Gasteiger partial charge >= 0.3 is 0 Å². The summed E-state index contributed by atoms with van der Waals surface area (Å²) in [6, 6.07) is 22.5. The van der Waals surface area contributed by atoms with E-state index in [4.69, 9.17) is 33.8 Å². The number of benzene rings is 3. The minimum Gasteiger partial charge on any atom is -0.508 e. The number of nitrogens with one attached hydrogen (secondary N) is 1. The Hall–Kier alpha value is -6.58. The van der Waals surface area contributed by atoms with Crippen molar-refractivity contribution in [3.05, 3.63) is 130 Å². The molecule has 252 valence electrons. The minimum absolute atomic E-state index is 0.0218. The van der Waals surface area contributed by atoms with Gasteiger partial charge in [0.15, 0.2) is 5.65 Å². The van der Waals surface area contributed by atoms with Crippen molar-refractivity contribution >= 4 is 50.9 Å². The summed E-state index contributed by atoms with van der Waals surface area (Å²) in [5.41, 5.74) is 9.77. The number of anilines is 2. The summed E-state index contributed by atoms with van der Waals surface area (Å²) in [6.07, 6.45) is 10.8. The zero-order valence-corrected chi connectivity index (χ0v) is 27.8. The number of terminal acetylenes is 1. The molecule has 51 heavy (non-hydrogen) atoms. The summed E-state index contributed by atoms with van der Waals surface area (Å²) in [6.45, 7) is 0.110. The van der Waals surface area contributed by atoms with Crippen LogP contribution in [0.25, 0.3) is 33.2 Å². The molecule has 1 unspecified atom stereocenters. The van der Waals surface area contributed by atoms with Crippen LogP contribution in [0.1, 0.15) is 35.7 Å². The van der Waals surface area contributed by atoms with E-state index < -0.39 is 5.92 Å². The lowest BCUT2D eigenvalue weighted by atomic mass is 9.90. The maximum atomic E-state index is 14.8. The van der Waals surface area contributed by atoms with Gasteiger partial charge in [0.25, 0.3) is 5.56 Å². The SMILES string of the molecule is C#CCCC(C(=O)Nc1ccncc1)c1cccc2nc(Cn3nc(-c4ccc(O)cc4)c4c(N)ncnc43)n(Cc3ccccc3Cl)c(=O)c12. The average molecular weight is 696 g/mol. The number of nitrogen functional groups attached to an aromatic ring is 1. The first-order valence-electron chi connectivity index (χ1n) is 16.0. The summed E-state index contributed by atoms with van der Waals surface area (Å²) in [5.74, 6) is 2.25. The predicted octanol–water partition coefficient (Wildman–Crippen LogP) is 5.77. The molecule has 7 rings (SSSR count). The summed E-state index contributed by atoms with van der Waals surface area (Å²) in [7, 11) is 0. The van der Waals surface area contributed by atoms with E-state index in [0.29, 0.717) is 73.7 Å². The topological polar surface area (TPSA) is 167 Å². The van der Waals surface area contributed by atoms with Gasteiger partial charge in [0.05, 0.1) is 28.8 Å². The molecule has 0 bridgehead atoms. The zero-order chi connectivity index (χ0) is 35.5. The van der Waals surface area contributed by atoms with Crippen LogP contribution in [0.15, 0.2) is 102 Å². The molecule has 4 heterocycles. The summed E-state index contributed by atoms with van der Waals surface area (Å²) in [4.78, 5) is 46.3. The van der Waals surface area contributed by atoms with Crippen LogP contribution in [-0.4, -0.2) is 45.3 Å². The first-order chi connectivity index (χ1) is 24.8. The molecule has 4 N–H and O–H groups in total. The summed E-state index contributed by atoms with van der Waals surface area (Å²) < 4.78 is 3.17. The van der Waals surface area contributed by atoms with E-state index in [2.05, 4.69) is 26.2 Å². The highest BCUT2D eigenvalue weighted by Gasteiger charge is 2.26. The van der Waals surface area contributed by atoms with Crippen molar-refractivity contribution in [2.45, 2.75) is 31.8 Å². The fourth-order valence-electron chi connectivity index (χ4n) is 6.12. The quantitative estimate of drug-likeness (QED) is 0.151. The standard InChI is InChI=1S/C38H30ClN9O3/c1-2-3-8-28(37(50)44-25-16-18-41-19-17-25)27-9-6-11-30-32(27)38(51)47(20-24-7-4-5-10-29(24)39)31(45-30)21-48-36-33(35(40)42-22-43-36)34(46-48)23-12-14-26(49)15-13-23/h1,4-7,9-19,22,28,49H,3,8,20-21H2,(H2,40,42,43)(H,41,44,50). The lowest BCUT2D eigenvalue weighted by Gasteiger charge is -2.20. The molecule has 0 aliphatic carbocycles. The largest absolute Gasteiger partial charge is 0.508 e. The number of carbonyl (C=O) groups excluding carboxylic acids is 1. The Morgan fingerprint density at radius 2 is 1.76 bits per heavy atom. The number of aromatic nitrogens is 7. The highest BCUT2D eigenvalue weighted by molar-refractivity contribution is 6.31. The fraction of sp³-hybridized carbons (Fsp3) is 0.132. The molecule has 0 spiro atoms. The smallest absolute Gasteiger partial charge is 0.262 e. The number of fused-ring (bicyclic) bond motifs is 2. The Morgan fingerprint density at radius 3 is 2.53 bits per heavy atom. The van der Waals surface area contributed by atoms with Gasteiger partial charge in [-0.15, -0.1) is 12.3 Å². The predicted molar refractivity (Wildman–Crippen MR) is 196 cm³/mol. The third-order valence-electron chi connectivity index (χ3n) is 8.59. The second kappa shape index (κ2) is 14.1. The monoisotopic (exact) mass is 695 g/mol. The molecule has 1 atom stereocenters. The van der Waals surface area contributed by atoms with Crippen LogP contribution in [0.4, 0.5) is 11.5 Å². The molecule has 0 aliphatic heterocycles. The normalized spacial score (nSPS) is 11.8. The number of nitrogens with zero attached hydrogens (tertiary/aromatic N) is 7. The second-order valence-corrected chi connectivity index (χ2v) is 12.2. The van der Waals surface area contributed by atoms with Gasteiger partial charge in [0.2, 0.25) is 5.91 Å². The van der Waals surface area contributed by atoms with Crippen LogP contribution in [0.3, 0.4) is 0 Å². The number of nitrogens with two attached hydrogens (primary N) is 1. The third-order valence-corrected chi connectivity index (χ3v) is 8.96. The van der Waals surface area contributed by atoms with Gasteiger partial charge in [0.1, 0.15) is 36.0 Å². The van der Waals surface area contributed by atoms with E-state index >= 15 is 0 Å². The molecule has 0 radical (unpaired) electrons. The molecular weight excluding hydrogens is 666 g/mol. The first kappa shape index (κ1) is 32.9. The Balaban J connectivity index is 1.40. The number of amides is 1. The lowest BCUT2D eigenvalue weighted by molar-refractivity contribution is -0.117. The molecule has 0 aliphatic rings. The molecule has 0 saturated heterocycles.